The van der Waals surface area contributed by atoms with Crippen molar-refractivity contribution in [3.8, 4) is 0 Å². The van der Waals surface area contributed by atoms with Crippen molar-refractivity contribution in [3.63, 3.8) is 0 Å². The van der Waals surface area contributed by atoms with E-state index in [1.54, 1.807) is 0 Å². The third-order valence-corrected chi connectivity index (χ3v) is 4.60. The molecule has 0 atom stereocenters. The molecule has 3 heteroatoms. The molecule has 2 nitrogen and oxygen atoms in total. The minimum absolute atomic E-state index is 0.302. The molecule has 0 unspecified atom stereocenters. The van der Waals surface area contributed by atoms with Crippen LogP contribution in [0.1, 0.15) is 32.3 Å². The van der Waals surface area contributed by atoms with Crippen molar-refractivity contribution in [2.24, 2.45) is 5.41 Å². The molecule has 0 spiro atoms. The molecule has 17 heavy (non-hydrogen) atoms. The molecule has 0 saturated carbocycles. The summed E-state index contributed by atoms with van der Waals surface area (Å²) in [6.45, 7) is 5.96. The van der Waals surface area contributed by atoms with Crippen molar-refractivity contribution >= 4 is 15.9 Å². The molecule has 1 aromatic carbocycles. The minimum Gasteiger partial charge on any atom is -0.297 e. The molecule has 1 rings (SSSR count). The molecule has 1 N–H and O–H groups in total. The molecule has 0 aliphatic heterocycles. The lowest BCUT2D eigenvalue weighted by Gasteiger charge is -2.29. The van der Waals surface area contributed by atoms with Gasteiger partial charge < -0.3 is 0 Å². The second kappa shape index (κ2) is 7.85. The molecular weight excluding hydrogens is 278 g/mol. The number of hydroxylamine groups is 1. The number of alkyl halides is 1. The van der Waals surface area contributed by atoms with Crippen LogP contribution in [0.5, 0.6) is 0 Å². The van der Waals surface area contributed by atoms with Gasteiger partial charge in [-0.25, -0.2) is 5.48 Å². The van der Waals surface area contributed by atoms with Gasteiger partial charge in [-0.1, -0.05) is 60.1 Å². The fraction of sp³-hybridized carbons (Fsp3) is 0.571. The summed E-state index contributed by atoms with van der Waals surface area (Å²) in [5.74, 6) is 0. The zero-order valence-corrected chi connectivity index (χ0v) is 12.3. The summed E-state index contributed by atoms with van der Waals surface area (Å²) in [4.78, 5) is 5.51. The van der Waals surface area contributed by atoms with Gasteiger partial charge in [0.25, 0.3) is 0 Å². The van der Waals surface area contributed by atoms with Gasteiger partial charge in [0.15, 0.2) is 0 Å². The number of rotatable bonds is 8. The number of benzene rings is 1. The lowest BCUT2D eigenvalue weighted by atomic mass is 9.85. The Kier molecular flexibility index (Phi) is 6.78. The largest absolute Gasteiger partial charge is 0.297 e. The Morgan fingerprint density at radius 1 is 1.18 bits per heavy atom. The van der Waals surface area contributed by atoms with Crippen LogP contribution >= 0.6 is 15.9 Å². The highest BCUT2D eigenvalue weighted by atomic mass is 79.9. The highest BCUT2D eigenvalue weighted by Crippen LogP contribution is 2.27. The smallest absolute Gasteiger partial charge is 0.0933 e. The van der Waals surface area contributed by atoms with E-state index in [0.717, 1.165) is 24.7 Å². The quantitative estimate of drug-likeness (QED) is 0.446. The van der Waals surface area contributed by atoms with Crippen molar-refractivity contribution in [1.29, 1.82) is 0 Å². The third kappa shape index (κ3) is 4.78. The maximum absolute atomic E-state index is 5.51. The monoisotopic (exact) mass is 299 g/mol. The van der Waals surface area contributed by atoms with Gasteiger partial charge in [0.2, 0.25) is 0 Å². The summed E-state index contributed by atoms with van der Waals surface area (Å²) in [6, 6.07) is 10.2. The summed E-state index contributed by atoms with van der Waals surface area (Å²) in [7, 11) is 0. The highest BCUT2D eigenvalue weighted by Gasteiger charge is 2.24. The van der Waals surface area contributed by atoms with Crippen LogP contribution in [-0.2, 0) is 11.4 Å². The van der Waals surface area contributed by atoms with E-state index < -0.39 is 0 Å². The predicted molar refractivity (Wildman–Crippen MR) is 76.0 cm³/mol. The maximum Gasteiger partial charge on any atom is 0.0933 e. The predicted octanol–water partition coefficient (Wildman–Crippen LogP) is 3.91. The summed E-state index contributed by atoms with van der Waals surface area (Å²) < 4.78 is 0. The Morgan fingerprint density at radius 2 is 1.82 bits per heavy atom. The Labute approximate surface area is 113 Å². The maximum atomic E-state index is 5.51. The van der Waals surface area contributed by atoms with Crippen molar-refractivity contribution in [1.82, 2.24) is 5.48 Å². The zero-order valence-electron chi connectivity index (χ0n) is 10.7. The Balaban J connectivity index is 2.28. The van der Waals surface area contributed by atoms with E-state index in [2.05, 4.69) is 47.4 Å². The number of hydrogen-bond acceptors (Lipinski definition) is 2. The number of halogens is 1. The van der Waals surface area contributed by atoms with Crippen molar-refractivity contribution in [3.05, 3.63) is 35.9 Å². The fourth-order valence-electron chi connectivity index (χ4n) is 1.65. The molecule has 0 aromatic heterocycles. The van der Waals surface area contributed by atoms with E-state index in [1.165, 1.54) is 5.56 Å². The van der Waals surface area contributed by atoms with Gasteiger partial charge in [0.05, 0.1) is 6.61 Å². The normalized spacial score (nSPS) is 11.7. The first kappa shape index (κ1) is 14.7. The minimum atomic E-state index is 0.302. The molecule has 0 bridgehead atoms. The van der Waals surface area contributed by atoms with Crippen LogP contribution in [0, 0.1) is 5.41 Å². The molecule has 1 aromatic rings. The average Bonchev–Trinajstić information content (AvgIpc) is 2.41. The Hall–Kier alpha value is -0.380. The molecule has 0 aliphatic carbocycles. The van der Waals surface area contributed by atoms with Gasteiger partial charge >= 0.3 is 0 Å². The third-order valence-electron chi connectivity index (χ3n) is 3.41. The van der Waals surface area contributed by atoms with Crippen LogP contribution < -0.4 is 5.48 Å². The SMILES string of the molecule is CCC(CC)(CBr)CNOCc1ccccc1. The van der Waals surface area contributed by atoms with Gasteiger partial charge in [0, 0.05) is 11.9 Å². The van der Waals surface area contributed by atoms with Crippen LogP contribution in [0.4, 0.5) is 0 Å². The van der Waals surface area contributed by atoms with Gasteiger partial charge in [-0.15, -0.1) is 0 Å². The molecule has 0 fully saturated rings. The fourth-order valence-corrected chi connectivity index (χ4v) is 2.64. The second-order valence-electron chi connectivity index (χ2n) is 4.44. The zero-order chi connectivity index (χ0) is 12.6. The Bertz CT molecular complexity index is 290. The van der Waals surface area contributed by atoms with E-state index in [1.807, 2.05) is 18.2 Å². The molecule has 0 amide bonds. The highest BCUT2D eigenvalue weighted by molar-refractivity contribution is 9.09. The number of nitrogens with one attached hydrogen (secondary N) is 1. The lowest BCUT2D eigenvalue weighted by molar-refractivity contribution is 0.00601. The number of hydrogen-bond donors (Lipinski definition) is 1. The van der Waals surface area contributed by atoms with E-state index in [-0.39, 0.29) is 0 Å². The first-order chi connectivity index (χ1) is 8.26. The average molecular weight is 300 g/mol. The lowest BCUT2D eigenvalue weighted by Crippen LogP contribution is -2.34. The second-order valence-corrected chi connectivity index (χ2v) is 5.00. The van der Waals surface area contributed by atoms with Gasteiger partial charge in [-0.05, 0) is 23.8 Å². The van der Waals surface area contributed by atoms with Crippen molar-refractivity contribution in [2.45, 2.75) is 33.3 Å². The van der Waals surface area contributed by atoms with Crippen LogP contribution in [0.3, 0.4) is 0 Å². The molecule has 0 saturated heterocycles. The van der Waals surface area contributed by atoms with Crippen LogP contribution in [0.2, 0.25) is 0 Å². The summed E-state index contributed by atoms with van der Waals surface area (Å²) >= 11 is 3.59. The van der Waals surface area contributed by atoms with Gasteiger partial charge in [-0.3, -0.25) is 4.84 Å². The van der Waals surface area contributed by atoms with Gasteiger partial charge in [-0.2, -0.15) is 0 Å². The summed E-state index contributed by atoms with van der Waals surface area (Å²) in [5.41, 5.74) is 4.59. The summed E-state index contributed by atoms with van der Waals surface area (Å²) in [6.07, 6.45) is 2.30. The van der Waals surface area contributed by atoms with Crippen LogP contribution in [0.25, 0.3) is 0 Å². The van der Waals surface area contributed by atoms with Crippen LogP contribution in [-0.4, -0.2) is 11.9 Å². The van der Waals surface area contributed by atoms with E-state index in [9.17, 15) is 0 Å². The van der Waals surface area contributed by atoms with Crippen molar-refractivity contribution in [2.75, 3.05) is 11.9 Å². The van der Waals surface area contributed by atoms with Crippen molar-refractivity contribution < 1.29 is 4.84 Å². The van der Waals surface area contributed by atoms with E-state index >= 15 is 0 Å². The van der Waals surface area contributed by atoms with Gasteiger partial charge in [0.1, 0.15) is 0 Å². The summed E-state index contributed by atoms with van der Waals surface area (Å²) in [5, 5.41) is 1.01. The molecule has 96 valence electrons. The molecular formula is C14H22BrNO. The first-order valence-corrected chi connectivity index (χ1v) is 7.33. The standard InChI is InChI=1S/C14H22BrNO/c1-3-14(4-2,11-15)12-16-17-10-13-8-6-5-7-9-13/h5-9,16H,3-4,10-12H2,1-2H3. The first-order valence-electron chi connectivity index (χ1n) is 6.21. The molecule has 0 radical (unpaired) electrons. The van der Waals surface area contributed by atoms with Crippen LogP contribution in [0.15, 0.2) is 30.3 Å². The topological polar surface area (TPSA) is 21.3 Å². The van der Waals surface area contributed by atoms with E-state index in [4.69, 9.17) is 4.84 Å². The molecule has 0 heterocycles. The van der Waals surface area contributed by atoms with E-state index in [0.29, 0.717) is 12.0 Å². The Morgan fingerprint density at radius 3 is 2.35 bits per heavy atom. The molecule has 0 aliphatic rings.